The molecule has 26 heavy (non-hydrogen) atoms. The van der Waals surface area contributed by atoms with E-state index < -0.39 is 0 Å². The SMILES string of the molecule is CCOc1cc(/C=C2\SC(=O)N(Cc3cccc(Cl)c3)C2=O)ccc1O. The number of hydrogen-bond donors (Lipinski definition) is 1. The fourth-order valence-corrected chi connectivity index (χ4v) is 3.55. The topological polar surface area (TPSA) is 66.8 Å². The van der Waals surface area contributed by atoms with E-state index in [1.807, 2.05) is 13.0 Å². The molecule has 1 aliphatic heterocycles. The van der Waals surface area contributed by atoms with Gasteiger partial charge < -0.3 is 9.84 Å². The van der Waals surface area contributed by atoms with E-state index >= 15 is 0 Å². The number of halogens is 1. The number of rotatable bonds is 5. The highest BCUT2D eigenvalue weighted by molar-refractivity contribution is 8.18. The minimum atomic E-state index is -0.356. The number of nitrogens with zero attached hydrogens (tertiary/aromatic N) is 1. The van der Waals surface area contributed by atoms with Gasteiger partial charge >= 0.3 is 0 Å². The molecule has 0 aromatic heterocycles. The van der Waals surface area contributed by atoms with E-state index in [9.17, 15) is 14.7 Å². The zero-order valence-electron chi connectivity index (χ0n) is 13.9. The summed E-state index contributed by atoms with van der Waals surface area (Å²) in [6.07, 6.45) is 1.62. The van der Waals surface area contributed by atoms with Gasteiger partial charge in [-0.25, -0.2) is 0 Å². The van der Waals surface area contributed by atoms with Gasteiger partial charge in [0.15, 0.2) is 11.5 Å². The third-order valence-corrected chi connectivity index (χ3v) is 4.83. The lowest BCUT2D eigenvalue weighted by Crippen LogP contribution is -2.27. The molecule has 2 aromatic rings. The first-order valence-electron chi connectivity index (χ1n) is 7.93. The largest absolute Gasteiger partial charge is 0.504 e. The molecule has 0 radical (unpaired) electrons. The van der Waals surface area contributed by atoms with Crippen LogP contribution in [0.1, 0.15) is 18.1 Å². The van der Waals surface area contributed by atoms with E-state index in [0.717, 1.165) is 17.3 Å². The van der Waals surface area contributed by atoms with Crippen LogP contribution >= 0.6 is 23.4 Å². The van der Waals surface area contributed by atoms with Crippen molar-refractivity contribution in [3.8, 4) is 11.5 Å². The van der Waals surface area contributed by atoms with Crippen LogP contribution in [0.4, 0.5) is 4.79 Å². The molecule has 0 saturated carbocycles. The monoisotopic (exact) mass is 389 g/mol. The molecule has 2 amide bonds. The third kappa shape index (κ3) is 4.03. The highest BCUT2D eigenvalue weighted by atomic mass is 35.5. The fraction of sp³-hybridized carbons (Fsp3) is 0.158. The molecule has 7 heteroatoms. The van der Waals surface area contributed by atoms with Gasteiger partial charge in [-0.1, -0.05) is 29.8 Å². The number of phenols is 1. The van der Waals surface area contributed by atoms with Crippen LogP contribution in [0.5, 0.6) is 11.5 Å². The Balaban J connectivity index is 1.82. The van der Waals surface area contributed by atoms with Crippen molar-refractivity contribution in [2.75, 3.05) is 6.61 Å². The summed E-state index contributed by atoms with van der Waals surface area (Å²) < 4.78 is 5.34. The number of hydrogen-bond acceptors (Lipinski definition) is 5. The predicted octanol–water partition coefficient (Wildman–Crippen LogP) is 4.68. The number of carbonyl (C=O) groups is 2. The number of imide groups is 1. The van der Waals surface area contributed by atoms with Crippen molar-refractivity contribution in [1.82, 2.24) is 4.90 Å². The van der Waals surface area contributed by atoms with Gasteiger partial charge in [0.2, 0.25) is 0 Å². The van der Waals surface area contributed by atoms with Crippen LogP contribution in [0.3, 0.4) is 0 Å². The summed E-state index contributed by atoms with van der Waals surface area (Å²) in [4.78, 5) is 26.3. The molecule has 3 rings (SSSR count). The van der Waals surface area contributed by atoms with Crippen molar-refractivity contribution in [2.45, 2.75) is 13.5 Å². The Morgan fingerprint density at radius 3 is 2.77 bits per heavy atom. The second-order valence-corrected chi connectivity index (χ2v) is 6.99. The maximum atomic E-state index is 12.6. The zero-order chi connectivity index (χ0) is 18.7. The average Bonchev–Trinajstić information content (AvgIpc) is 2.86. The lowest BCUT2D eigenvalue weighted by atomic mass is 10.1. The summed E-state index contributed by atoms with van der Waals surface area (Å²) in [5.41, 5.74) is 1.45. The van der Waals surface area contributed by atoms with Crippen molar-refractivity contribution in [1.29, 1.82) is 0 Å². The molecule has 1 fully saturated rings. The number of phenolic OH excluding ortho intramolecular Hbond substituents is 1. The van der Waals surface area contributed by atoms with E-state index in [1.54, 1.807) is 36.4 Å². The quantitative estimate of drug-likeness (QED) is 0.752. The Bertz CT molecular complexity index is 897. The zero-order valence-corrected chi connectivity index (χ0v) is 15.5. The molecule has 0 atom stereocenters. The molecule has 1 heterocycles. The molecule has 5 nitrogen and oxygen atoms in total. The summed E-state index contributed by atoms with van der Waals surface area (Å²) in [6.45, 7) is 2.39. The minimum absolute atomic E-state index is 0.0260. The number of carbonyl (C=O) groups excluding carboxylic acids is 2. The Morgan fingerprint density at radius 1 is 1.23 bits per heavy atom. The summed E-state index contributed by atoms with van der Waals surface area (Å²) in [5, 5.41) is 9.98. The van der Waals surface area contributed by atoms with Crippen molar-refractivity contribution < 1.29 is 19.4 Å². The fourth-order valence-electron chi connectivity index (χ4n) is 2.50. The molecule has 0 aliphatic carbocycles. The van der Waals surface area contributed by atoms with E-state index in [1.165, 1.54) is 11.0 Å². The molecule has 0 unspecified atom stereocenters. The van der Waals surface area contributed by atoms with Crippen LogP contribution in [0, 0.1) is 0 Å². The van der Waals surface area contributed by atoms with Crippen molar-refractivity contribution in [3.63, 3.8) is 0 Å². The smallest absolute Gasteiger partial charge is 0.293 e. The molecule has 134 valence electrons. The van der Waals surface area contributed by atoms with Gasteiger partial charge in [-0.2, -0.15) is 0 Å². The normalized spacial score (nSPS) is 15.8. The predicted molar refractivity (Wildman–Crippen MR) is 102 cm³/mol. The van der Waals surface area contributed by atoms with Crippen LogP contribution < -0.4 is 4.74 Å². The number of aromatic hydroxyl groups is 1. The van der Waals surface area contributed by atoms with E-state index in [2.05, 4.69) is 0 Å². The van der Waals surface area contributed by atoms with E-state index in [-0.39, 0.29) is 23.4 Å². The van der Waals surface area contributed by atoms with Gasteiger partial charge in [0.1, 0.15) is 0 Å². The molecular weight excluding hydrogens is 374 g/mol. The molecule has 1 saturated heterocycles. The second-order valence-electron chi connectivity index (χ2n) is 5.56. The maximum Gasteiger partial charge on any atom is 0.293 e. The van der Waals surface area contributed by atoms with Gasteiger partial charge in [0.25, 0.3) is 11.1 Å². The number of ether oxygens (including phenoxy) is 1. The van der Waals surface area contributed by atoms with Crippen LogP contribution in [0.15, 0.2) is 47.4 Å². The van der Waals surface area contributed by atoms with Gasteiger partial charge in [-0.3, -0.25) is 14.5 Å². The third-order valence-electron chi connectivity index (χ3n) is 3.68. The molecule has 1 aliphatic rings. The minimum Gasteiger partial charge on any atom is -0.504 e. The first-order valence-corrected chi connectivity index (χ1v) is 9.13. The van der Waals surface area contributed by atoms with Crippen LogP contribution in [-0.2, 0) is 11.3 Å². The molecule has 1 N–H and O–H groups in total. The van der Waals surface area contributed by atoms with Crippen molar-refractivity contribution >= 4 is 40.6 Å². The lowest BCUT2D eigenvalue weighted by molar-refractivity contribution is -0.123. The summed E-state index contributed by atoms with van der Waals surface area (Å²) in [7, 11) is 0. The Kier molecular flexibility index (Phi) is 5.54. The lowest BCUT2D eigenvalue weighted by Gasteiger charge is -2.12. The van der Waals surface area contributed by atoms with E-state index in [4.69, 9.17) is 16.3 Å². The highest BCUT2D eigenvalue weighted by Gasteiger charge is 2.35. The van der Waals surface area contributed by atoms with Gasteiger partial charge in [-0.15, -0.1) is 0 Å². The standard InChI is InChI=1S/C19H16ClNO4S/c1-2-25-16-9-12(6-7-15(16)22)10-17-18(23)21(19(24)26-17)11-13-4-3-5-14(20)8-13/h3-10,22H,2,11H2,1H3/b17-10-. The van der Waals surface area contributed by atoms with Crippen LogP contribution in [0.2, 0.25) is 5.02 Å². The van der Waals surface area contributed by atoms with Crippen LogP contribution in [-0.4, -0.2) is 27.8 Å². The summed E-state index contributed by atoms with van der Waals surface area (Å²) in [6, 6.07) is 11.8. The van der Waals surface area contributed by atoms with Crippen molar-refractivity contribution in [2.24, 2.45) is 0 Å². The molecule has 2 aromatic carbocycles. The number of benzene rings is 2. The Labute approximate surface area is 160 Å². The molecule has 0 bridgehead atoms. The summed E-state index contributed by atoms with van der Waals surface area (Å²) >= 11 is 6.84. The average molecular weight is 390 g/mol. The highest BCUT2D eigenvalue weighted by Crippen LogP contribution is 2.35. The second kappa shape index (κ2) is 7.85. The first-order chi connectivity index (χ1) is 12.5. The number of amides is 2. The summed E-state index contributed by atoms with van der Waals surface area (Å²) in [5.74, 6) is 0.00322. The molecular formula is C19H16ClNO4S. The Hall–Kier alpha value is -2.44. The molecule has 0 spiro atoms. The Morgan fingerprint density at radius 2 is 2.04 bits per heavy atom. The van der Waals surface area contributed by atoms with Gasteiger partial charge in [-0.05, 0) is 60.2 Å². The van der Waals surface area contributed by atoms with Crippen molar-refractivity contribution in [3.05, 3.63) is 63.5 Å². The van der Waals surface area contributed by atoms with Crippen LogP contribution in [0.25, 0.3) is 6.08 Å². The number of thioether (sulfide) groups is 1. The van der Waals surface area contributed by atoms with Gasteiger partial charge in [0.05, 0.1) is 18.1 Å². The van der Waals surface area contributed by atoms with E-state index in [0.29, 0.717) is 27.8 Å². The van der Waals surface area contributed by atoms with Gasteiger partial charge in [0, 0.05) is 5.02 Å². The maximum absolute atomic E-state index is 12.6. The first kappa shape index (κ1) is 18.4.